The molecule has 0 spiro atoms. The monoisotopic (exact) mass is 343 g/mol. The van der Waals surface area contributed by atoms with Crippen LogP contribution >= 0.6 is 0 Å². The summed E-state index contributed by atoms with van der Waals surface area (Å²) < 4.78 is 20.9. The van der Waals surface area contributed by atoms with Crippen LogP contribution in [0.2, 0.25) is 0 Å². The third kappa shape index (κ3) is 2.84. The molecule has 1 N–H and O–H groups in total. The molecule has 0 atom stereocenters. The Labute approximate surface area is 143 Å². The summed E-state index contributed by atoms with van der Waals surface area (Å²) in [5.41, 5.74) is 1.45. The number of carbonyl (C=O) groups excluding carboxylic acids is 1. The lowest BCUT2D eigenvalue weighted by Gasteiger charge is -2.26. The van der Waals surface area contributed by atoms with Gasteiger partial charge in [0.15, 0.2) is 0 Å². The Morgan fingerprint density at radius 2 is 2.20 bits per heavy atom. The van der Waals surface area contributed by atoms with Gasteiger partial charge >= 0.3 is 6.03 Å². The van der Waals surface area contributed by atoms with Crippen LogP contribution in [-0.2, 0) is 19.6 Å². The van der Waals surface area contributed by atoms with Crippen LogP contribution in [0.4, 0.5) is 9.18 Å². The second-order valence-electron chi connectivity index (χ2n) is 6.17. The highest BCUT2D eigenvalue weighted by atomic mass is 19.1. The lowest BCUT2D eigenvalue weighted by molar-refractivity contribution is 0.178. The highest BCUT2D eigenvalue weighted by Gasteiger charge is 2.23. The van der Waals surface area contributed by atoms with E-state index >= 15 is 0 Å². The molecule has 1 aliphatic heterocycles. The zero-order valence-corrected chi connectivity index (χ0v) is 14.0. The zero-order chi connectivity index (χ0) is 17.6. The van der Waals surface area contributed by atoms with Crippen LogP contribution < -0.4 is 5.32 Å². The van der Waals surface area contributed by atoms with E-state index in [9.17, 15) is 9.18 Å². The van der Waals surface area contributed by atoms with Gasteiger partial charge in [-0.2, -0.15) is 5.10 Å². The van der Waals surface area contributed by atoms with Crippen LogP contribution in [0, 0.1) is 19.7 Å². The van der Waals surface area contributed by atoms with Gasteiger partial charge in [-0.15, -0.1) is 0 Å². The quantitative estimate of drug-likeness (QED) is 0.776. The summed E-state index contributed by atoms with van der Waals surface area (Å²) in [5.74, 6) is 1.82. The van der Waals surface area contributed by atoms with E-state index in [0.29, 0.717) is 36.8 Å². The van der Waals surface area contributed by atoms with Crippen LogP contribution in [0.15, 0.2) is 22.6 Å². The van der Waals surface area contributed by atoms with E-state index in [4.69, 9.17) is 4.42 Å². The summed E-state index contributed by atoms with van der Waals surface area (Å²) in [6, 6.07) is 4.22. The van der Waals surface area contributed by atoms with Crippen molar-refractivity contribution in [1.82, 2.24) is 25.0 Å². The van der Waals surface area contributed by atoms with Crippen LogP contribution in [0.3, 0.4) is 0 Å². The minimum Gasteiger partial charge on any atom is -0.459 e. The van der Waals surface area contributed by atoms with E-state index in [2.05, 4.69) is 15.4 Å². The van der Waals surface area contributed by atoms with Gasteiger partial charge in [0.05, 0.1) is 19.6 Å². The van der Waals surface area contributed by atoms with Gasteiger partial charge in [0, 0.05) is 17.5 Å². The molecule has 2 amide bonds. The molecular formula is C17H18FN5O2. The second-order valence-corrected chi connectivity index (χ2v) is 6.17. The normalized spacial score (nSPS) is 14.0. The third-order valence-corrected chi connectivity index (χ3v) is 4.45. The van der Waals surface area contributed by atoms with Crippen molar-refractivity contribution in [3.05, 3.63) is 47.0 Å². The zero-order valence-electron chi connectivity index (χ0n) is 14.0. The van der Waals surface area contributed by atoms with E-state index in [-0.39, 0.29) is 18.4 Å². The van der Waals surface area contributed by atoms with Crippen molar-refractivity contribution in [2.24, 2.45) is 0 Å². The molecule has 130 valence electrons. The van der Waals surface area contributed by atoms with E-state index < -0.39 is 0 Å². The average molecular weight is 343 g/mol. The maximum absolute atomic E-state index is 13.4. The summed E-state index contributed by atoms with van der Waals surface area (Å²) in [6.45, 7) is 5.58. The molecule has 0 fully saturated rings. The number of rotatable bonds is 2. The molecule has 0 saturated heterocycles. The van der Waals surface area contributed by atoms with Gasteiger partial charge in [-0.05, 0) is 32.0 Å². The van der Waals surface area contributed by atoms with Gasteiger partial charge in [0.25, 0.3) is 0 Å². The van der Waals surface area contributed by atoms with Gasteiger partial charge in [-0.25, -0.2) is 18.9 Å². The Hall–Kier alpha value is -2.90. The van der Waals surface area contributed by atoms with Gasteiger partial charge < -0.3 is 14.6 Å². The number of amides is 2. The van der Waals surface area contributed by atoms with Crippen molar-refractivity contribution < 1.29 is 13.6 Å². The Bertz CT molecular complexity index is 962. The van der Waals surface area contributed by atoms with Crippen molar-refractivity contribution in [3.8, 4) is 0 Å². The molecule has 1 aromatic carbocycles. The third-order valence-electron chi connectivity index (χ3n) is 4.45. The molecule has 0 radical (unpaired) electrons. The molecule has 0 saturated carbocycles. The molecule has 4 rings (SSSR count). The number of nitrogens with one attached hydrogen (secondary N) is 1. The van der Waals surface area contributed by atoms with Crippen LogP contribution in [0.25, 0.3) is 11.0 Å². The predicted molar refractivity (Wildman–Crippen MR) is 88.3 cm³/mol. The fourth-order valence-electron chi connectivity index (χ4n) is 3.11. The summed E-state index contributed by atoms with van der Waals surface area (Å²) in [7, 11) is 0. The number of furan rings is 1. The number of halogens is 1. The number of hydrogen-bond donors (Lipinski definition) is 1. The smallest absolute Gasteiger partial charge is 0.318 e. The number of hydrogen-bond acceptors (Lipinski definition) is 4. The topological polar surface area (TPSA) is 76.2 Å². The second kappa shape index (κ2) is 5.87. The number of carbonyl (C=O) groups is 1. The Morgan fingerprint density at radius 1 is 1.36 bits per heavy atom. The van der Waals surface area contributed by atoms with Crippen LogP contribution in [0.5, 0.6) is 0 Å². The number of fused-ring (bicyclic) bond motifs is 2. The lowest BCUT2D eigenvalue weighted by atomic mass is 10.1. The fourth-order valence-corrected chi connectivity index (χ4v) is 3.11. The standard InChI is InChI=1S/C17H18FN5O2/c1-10-13-7-12(18)3-4-14(13)25-15(10)8-19-17(24)22-5-6-23-16(9-22)20-11(2)21-23/h3-4,7H,5-6,8-9H2,1-2H3,(H,19,24). The maximum Gasteiger partial charge on any atom is 0.318 e. The largest absolute Gasteiger partial charge is 0.459 e. The molecule has 3 heterocycles. The minimum atomic E-state index is -0.306. The minimum absolute atomic E-state index is 0.182. The van der Waals surface area contributed by atoms with E-state index in [1.807, 2.05) is 18.5 Å². The summed E-state index contributed by atoms with van der Waals surface area (Å²) >= 11 is 0. The highest BCUT2D eigenvalue weighted by molar-refractivity contribution is 5.82. The Balaban J connectivity index is 1.45. The Kier molecular flexibility index (Phi) is 3.67. The van der Waals surface area contributed by atoms with Crippen molar-refractivity contribution in [2.45, 2.75) is 33.5 Å². The first-order valence-corrected chi connectivity index (χ1v) is 8.12. The fraction of sp³-hybridized carbons (Fsp3) is 0.353. The molecular weight excluding hydrogens is 325 g/mol. The summed E-state index contributed by atoms with van der Waals surface area (Å²) in [4.78, 5) is 18.4. The number of urea groups is 1. The van der Waals surface area contributed by atoms with Gasteiger partial charge in [-0.3, -0.25) is 0 Å². The first kappa shape index (κ1) is 15.6. The first-order chi connectivity index (χ1) is 12.0. The SMILES string of the molecule is Cc1nc2n(n1)CCN(C(=O)NCc1oc3ccc(F)cc3c1C)C2. The first-order valence-electron chi connectivity index (χ1n) is 8.12. The highest BCUT2D eigenvalue weighted by Crippen LogP contribution is 2.26. The average Bonchev–Trinajstić information content (AvgIpc) is 3.11. The molecule has 2 aromatic heterocycles. The van der Waals surface area contributed by atoms with Crippen LogP contribution in [0.1, 0.15) is 23.0 Å². The lowest BCUT2D eigenvalue weighted by Crippen LogP contribution is -2.44. The number of benzene rings is 1. The van der Waals surface area contributed by atoms with Crippen molar-refractivity contribution in [2.75, 3.05) is 6.54 Å². The van der Waals surface area contributed by atoms with E-state index in [1.54, 1.807) is 11.0 Å². The molecule has 3 aromatic rings. The van der Waals surface area contributed by atoms with Crippen molar-refractivity contribution in [3.63, 3.8) is 0 Å². The summed E-state index contributed by atoms with van der Waals surface area (Å²) in [5, 5.41) is 7.88. The van der Waals surface area contributed by atoms with Gasteiger partial charge in [0.1, 0.15) is 28.8 Å². The molecule has 0 aliphatic carbocycles. The van der Waals surface area contributed by atoms with Gasteiger partial charge in [0.2, 0.25) is 0 Å². The summed E-state index contributed by atoms with van der Waals surface area (Å²) in [6.07, 6.45) is 0. The number of aryl methyl sites for hydroxylation is 2. The molecule has 0 unspecified atom stereocenters. The maximum atomic E-state index is 13.4. The number of nitrogens with zero attached hydrogens (tertiary/aromatic N) is 4. The van der Waals surface area contributed by atoms with Crippen molar-refractivity contribution in [1.29, 1.82) is 0 Å². The van der Waals surface area contributed by atoms with Gasteiger partial charge in [-0.1, -0.05) is 0 Å². The van der Waals surface area contributed by atoms with Crippen molar-refractivity contribution >= 4 is 17.0 Å². The van der Waals surface area contributed by atoms with E-state index in [1.165, 1.54) is 12.1 Å². The predicted octanol–water partition coefficient (Wildman–Crippen LogP) is 2.51. The van der Waals surface area contributed by atoms with Crippen LogP contribution in [-0.4, -0.2) is 32.2 Å². The molecule has 8 heteroatoms. The molecule has 25 heavy (non-hydrogen) atoms. The van der Waals surface area contributed by atoms with E-state index in [0.717, 1.165) is 16.8 Å². The Morgan fingerprint density at radius 3 is 3.04 bits per heavy atom. The molecule has 0 bridgehead atoms. The molecule has 7 nitrogen and oxygen atoms in total. The number of aromatic nitrogens is 3. The molecule has 1 aliphatic rings.